The summed E-state index contributed by atoms with van der Waals surface area (Å²) < 4.78 is 0. The largest absolute Gasteiger partial charge is 0.481 e. The molecule has 4 heteroatoms. The molecule has 1 aliphatic heterocycles. The second kappa shape index (κ2) is 5.85. The highest BCUT2D eigenvalue weighted by molar-refractivity contribution is 7.12. The number of carboxylic acid groups (broad SMARTS) is 1. The lowest BCUT2D eigenvalue weighted by atomic mass is 9.95. The summed E-state index contributed by atoms with van der Waals surface area (Å²) in [6.07, 6.45) is 2.67. The van der Waals surface area contributed by atoms with Crippen LogP contribution in [-0.2, 0) is 4.79 Å². The number of carbonyl (C=O) groups is 1. The summed E-state index contributed by atoms with van der Waals surface area (Å²) in [5, 5.41) is 9.02. The predicted octanol–water partition coefficient (Wildman–Crippen LogP) is 3.30. The summed E-state index contributed by atoms with van der Waals surface area (Å²) in [6, 6.07) is 4.86. The molecule has 1 aliphatic rings. The van der Waals surface area contributed by atoms with Crippen molar-refractivity contribution in [2.45, 2.75) is 39.2 Å². The number of hydrogen-bond acceptors (Lipinski definition) is 3. The van der Waals surface area contributed by atoms with E-state index in [9.17, 15) is 4.79 Å². The van der Waals surface area contributed by atoms with Crippen LogP contribution in [0.1, 0.15) is 42.0 Å². The standard InChI is InChI=1S/C14H21NO2S/c1-3-12(13-5-4-10(2)18-13)15-8-6-11(7-9-15)14(16)17/h4-5,11-12H,3,6-9H2,1-2H3,(H,16,17). The summed E-state index contributed by atoms with van der Waals surface area (Å²) in [7, 11) is 0. The third-order valence-corrected chi connectivity index (χ3v) is 4.90. The Balaban J connectivity index is 2.00. The zero-order valence-electron chi connectivity index (χ0n) is 11.1. The number of aliphatic carboxylic acids is 1. The summed E-state index contributed by atoms with van der Waals surface area (Å²) in [4.78, 5) is 16.2. The average molecular weight is 267 g/mol. The minimum atomic E-state index is -0.630. The van der Waals surface area contributed by atoms with E-state index >= 15 is 0 Å². The fraction of sp³-hybridized carbons (Fsp3) is 0.643. The smallest absolute Gasteiger partial charge is 0.306 e. The van der Waals surface area contributed by atoms with Crippen LogP contribution >= 0.6 is 11.3 Å². The van der Waals surface area contributed by atoms with Crippen molar-refractivity contribution in [3.8, 4) is 0 Å². The molecule has 0 aromatic carbocycles. The van der Waals surface area contributed by atoms with Gasteiger partial charge < -0.3 is 5.11 Å². The molecule has 3 nitrogen and oxygen atoms in total. The zero-order chi connectivity index (χ0) is 13.1. The Labute approximate surface area is 112 Å². The van der Waals surface area contributed by atoms with Crippen LogP contribution in [0.25, 0.3) is 0 Å². The van der Waals surface area contributed by atoms with Gasteiger partial charge in [0.25, 0.3) is 0 Å². The molecule has 2 rings (SSSR count). The second-order valence-corrected chi connectivity index (χ2v) is 6.34. The maximum atomic E-state index is 11.0. The molecule has 1 aromatic heterocycles. The molecular formula is C14H21NO2S. The highest BCUT2D eigenvalue weighted by atomic mass is 32.1. The highest BCUT2D eigenvalue weighted by Gasteiger charge is 2.28. The van der Waals surface area contributed by atoms with Crippen LogP contribution < -0.4 is 0 Å². The van der Waals surface area contributed by atoms with Crippen LogP contribution in [-0.4, -0.2) is 29.1 Å². The Hall–Kier alpha value is -0.870. The number of nitrogens with zero attached hydrogens (tertiary/aromatic N) is 1. The Morgan fingerprint density at radius 3 is 2.61 bits per heavy atom. The molecule has 100 valence electrons. The van der Waals surface area contributed by atoms with Gasteiger partial charge in [-0.3, -0.25) is 9.69 Å². The number of hydrogen-bond donors (Lipinski definition) is 1. The summed E-state index contributed by atoms with van der Waals surface area (Å²) in [5.41, 5.74) is 0. The van der Waals surface area contributed by atoms with E-state index in [1.54, 1.807) is 0 Å². The highest BCUT2D eigenvalue weighted by Crippen LogP contribution is 2.33. The molecule has 1 saturated heterocycles. The van der Waals surface area contributed by atoms with Gasteiger partial charge >= 0.3 is 5.97 Å². The first kappa shape index (κ1) is 13.6. The van der Waals surface area contributed by atoms with Crippen molar-refractivity contribution in [3.05, 3.63) is 21.9 Å². The van der Waals surface area contributed by atoms with E-state index in [-0.39, 0.29) is 5.92 Å². The first-order chi connectivity index (χ1) is 8.61. The minimum absolute atomic E-state index is 0.135. The molecule has 1 aromatic rings. The number of piperidine rings is 1. The molecule has 0 bridgehead atoms. The van der Waals surface area contributed by atoms with Crippen molar-refractivity contribution in [2.24, 2.45) is 5.92 Å². The number of rotatable bonds is 4. The quantitative estimate of drug-likeness (QED) is 0.910. The number of aryl methyl sites for hydroxylation is 1. The SMILES string of the molecule is CCC(c1ccc(C)s1)N1CCC(C(=O)O)CC1. The van der Waals surface area contributed by atoms with E-state index in [1.807, 2.05) is 11.3 Å². The fourth-order valence-electron chi connectivity index (χ4n) is 2.73. The molecule has 0 aliphatic carbocycles. The van der Waals surface area contributed by atoms with E-state index in [0.717, 1.165) is 32.4 Å². The lowest BCUT2D eigenvalue weighted by Crippen LogP contribution is -2.38. The van der Waals surface area contributed by atoms with E-state index < -0.39 is 5.97 Å². The van der Waals surface area contributed by atoms with Gasteiger partial charge in [-0.2, -0.15) is 0 Å². The van der Waals surface area contributed by atoms with Gasteiger partial charge in [0.2, 0.25) is 0 Å². The van der Waals surface area contributed by atoms with Crippen molar-refractivity contribution in [3.63, 3.8) is 0 Å². The van der Waals surface area contributed by atoms with Gasteiger partial charge in [-0.25, -0.2) is 0 Å². The summed E-state index contributed by atoms with van der Waals surface area (Å²) in [5.74, 6) is -0.765. The third kappa shape index (κ3) is 2.93. The van der Waals surface area contributed by atoms with Crippen LogP contribution in [0.4, 0.5) is 0 Å². The lowest BCUT2D eigenvalue weighted by Gasteiger charge is -2.35. The van der Waals surface area contributed by atoms with Gasteiger partial charge in [-0.1, -0.05) is 6.92 Å². The van der Waals surface area contributed by atoms with Gasteiger partial charge in [0.15, 0.2) is 0 Å². The number of likely N-dealkylation sites (tertiary alicyclic amines) is 1. The average Bonchev–Trinajstić information content (AvgIpc) is 2.77. The Morgan fingerprint density at radius 1 is 1.50 bits per heavy atom. The van der Waals surface area contributed by atoms with Crippen LogP contribution in [0, 0.1) is 12.8 Å². The van der Waals surface area contributed by atoms with E-state index in [4.69, 9.17) is 5.11 Å². The minimum Gasteiger partial charge on any atom is -0.481 e. The molecule has 0 spiro atoms. The molecule has 2 heterocycles. The Morgan fingerprint density at radius 2 is 2.17 bits per heavy atom. The van der Waals surface area contributed by atoms with Crippen molar-refractivity contribution in [2.75, 3.05) is 13.1 Å². The molecule has 1 N–H and O–H groups in total. The van der Waals surface area contributed by atoms with E-state index in [0.29, 0.717) is 6.04 Å². The zero-order valence-corrected chi connectivity index (χ0v) is 11.9. The van der Waals surface area contributed by atoms with Crippen molar-refractivity contribution in [1.29, 1.82) is 0 Å². The molecule has 0 radical (unpaired) electrons. The van der Waals surface area contributed by atoms with Crippen LogP contribution in [0.15, 0.2) is 12.1 Å². The van der Waals surface area contributed by atoms with Crippen molar-refractivity contribution < 1.29 is 9.90 Å². The predicted molar refractivity (Wildman–Crippen MR) is 74.0 cm³/mol. The Kier molecular flexibility index (Phi) is 4.40. The van der Waals surface area contributed by atoms with E-state index in [1.165, 1.54) is 9.75 Å². The molecular weight excluding hydrogens is 246 g/mol. The molecule has 1 atom stereocenters. The maximum Gasteiger partial charge on any atom is 0.306 e. The van der Waals surface area contributed by atoms with Crippen LogP contribution in [0.3, 0.4) is 0 Å². The van der Waals surface area contributed by atoms with Gasteiger partial charge in [0, 0.05) is 15.8 Å². The second-order valence-electron chi connectivity index (χ2n) is 5.02. The van der Waals surface area contributed by atoms with Crippen LogP contribution in [0.2, 0.25) is 0 Å². The lowest BCUT2D eigenvalue weighted by molar-refractivity contribution is -0.143. The summed E-state index contributed by atoms with van der Waals surface area (Å²) >= 11 is 1.86. The Bertz CT molecular complexity index is 408. The fourth-order valence-corrected chi connectivity index (χ4v) is 3.83. The van der Waals surface area contributed by atoms with Crippen molar-refractivity contribution in [1.82, 2.24) is 4.90 Å². The molecule has 0 saturated carbocycles. The van der Waals surface area contributed by atoms with Crippen LogP contribution in [0.5, 0.6) is 0 Å². The van der Waals surface area contributed by atoms with Gasteiger partial charge in [0.05, 0.1) is 5.92 Å². The van der Waals surface area contributed by atoms with Gasteiger partial charge in [-0.15, -0.1) is 11.3 Å². The number of thiophene rings is 1. The monoisotopic (exact) mass is 267 g/mol. The normalized spacial score (nSPS) is 19.9. The molecule has 0 amide bonds. The third-order valence-electron chi connectivity index (χ3n) is 3.80. The first-order valence-electron chi connectivity index (χ1n) is 6.65. The van der Waals surface area contributed by atoms with Gasteiger partial charge in [-0.05, 0) is 51.4 Å². The first-order valence-corrected chi connectivity index (χ1v) is 7.46. The van der Waals surface area contributed by atoms with E-state index in [2.05, 4.69) is 30.9 Å². The number of carboxylic acids is 1. The van der Waals surface area contributed by atoms with Gasteiger partial charge in [0.1, 0.15) is 0 Å². The molecule has 18 heavy (non-hydrogen) atoms. The summed E-state index contributed by atoms with van der Waals surface area (Å²) in [6.45, 7) is 6.17. The maximum absolute atomic E-state index is 11.0. The molecule has 1 fully saturated rings. The van der Waals surface area contributed by atoms with Crippen molar-refractivity contribution >= 4 is 17.3 Å². The topological polar surface area (TPSA) is 40.5 Å². The molecule has 1 unspecified atom stereocenters.